The molecule has 1 aromatic heterocycles. The van der Waals surface area contributed by atoms with Crippen molar-refractivity contribution < 1.29 is 12.8 Å². The average molecular weight is 326 g/mol. The van der Waals surface area contributed by atoms with Gasteiger partial charge in [0, 0.05) is 12.6 Å². The zero-order chi connectivity index (χ0) is 14.9. The lowest BCUT2D eigenvalue weighted by Crippen LogP contribution is -2.15. The Morgan fingerprint density at radius 2 is 2.05 bits per heavy atom. The number of para-hydroxylation sites is 1. The highest BCUT2D eigenvalue weighted by atomic mass is 32.2. The van der Waals surface area contributed by atoms with Crippen molar-refractivity contribution in [1.29, 1.82) is 0 Å². The fraction of sp³-hybridized carbons (Fsp3) is 0.286. The molecule has 1 aromatic carbocycles. The van der Waals surface area contributed by atoms with E-state index in [1.165, 1.54) is 31.0 Å². The molecule has 2 aromatic rings. The number of rotatable bonds is 6. The Bertz CT molecular complexity index is 739. The van der Waals surface area contributed by atoms with E-state index in [9.17, 15) is 12.8 Å². The summed E-state index contributed by atoms with van der Waals surface area (Å²) >= 11 is 1.14. The van der Waals surface area contributed by atoms with E-state index in [0.717, 1.165) is 16.9 Å². The Morgan fingerprint density at radius 3 is 2.76 bits per heavy atom. The maximum Gasteiger partial charge on any atom is 0.271 e. The normalized spacial score (nSPS) is 15.1. The smallest absolute Gasteiger partial charge is 0.271 e. The minimum Gasteiger partial charge on any atom is -0.310 e. The molecule has 0 bridgehead atoms. The predicted molar refractivity (Wildman–Crippen MR) is 81.4 cm³/mol. The molecule has 2 N–H and O–H groups in total. The van der Waals surface area contributed by atoms with Gasteiger partial charge in [-0.1, -0.05) is 12.1 Å². The van der Waals surface area contributed by atoms with Crippen LogP contribution >= 0.6 is 11.3 Å². The van der Waals surface area contributed by atoms with Crippen LogP contribution in [-0.2, 0) is 16.6 Å². The Labute approximate surface area is 127 Å². The van der Waals surface area contributed by atoms with E-state index in [-0.39, 0.29) is 9.90 Å². The Kier molecular flexibility index (Phi) is 3.97. The summed E-state index contributed by atoms with van der Waals surface area (Å²) in [6.07, 6.45) is 2.37. The van der Waals surface area contributed by atoms with Gasteiger partial charge in [0.25, 0.3) is 10.0 Å². The van der Waals surface area contributed by atoms with Crippen molar-refractivity contribution in [2.75, 3.05) is 4.72 Å². The second-order valence-electron chi connectivity index (χ2n) is 5.01. The fourth-order valence-electron chi connectivity index (χ4n) is 1.88. The minimum absolute atomic E-state index is 0.0384. The van der Waals surface area contributed by atoms with Gasteiger partial charge in [0.1, 0.15) is 10.0 Å². The number of thiophene rings is 1. The third-order valence-electron chi connectivity index (χ3n) is 3.18. The van der Waals surface area contributed by atoms with Crippen molar-refractivity contribution in [3.8, 4) is 0 Å². The van der Waals surface area contributed by atoms with Crippen LogP contribution in [0.15, 0.2) is 39.9 Å². The third-order valence-corrected chi connectivity index (χ3v) is 6.04. The first-order chi connectivity index (χ1) is 10.0. The van der Waals surface area contributed by atoms with Crippen LogP contribution in [0.3, 0.4) is 0 Å². The molecule has 0 aliphatic heterocycles. The molecule has 0 radical (unpaired) electrons. The Balaban J connectivity index is 1.73. The molecule has 1 aliphatic rings. The van der Waals surface area contributed by atoms with Crippen molar-refractivity contribution >= 4 is 27.0 Å². The zero-order valence-electron chi connectivity index (χ0n) is 11.2. The molecular formula is C14H15FN2O2S2. The second-order valence-corrected chi connectivity index (χ2v) is 7.83. The Hall–Kier alpha value is -1.44. The lowest BCUT2D eigenvalue weighted by Gasteiger charge is -2.06. The molecule has 7 heteroatoms. The number of anilines is 1. The summed E-state index contributed by atoms with van der Waals surface area (Å²) in [6, 6.07) is 7.91. The van der Waals surface area contributed by atoms with Crippen molar-refractivity contribution in [3.05, 3.63) is 47.1 Å². The van der Waals surface area contributed by atoms with Crippen molar-refractivity contribution in [3.63, 3.8) is 0 Å². The molecule has 0 spiro atoms. The molecule has 1 aliphatic carbocycles. The second kappa shape index (κ2) is 5.75. The number of nitrogens with one attached hydrogen (secondary N) is 2. The average Bonchev–Trinajstić information content (AvgIpc) is 3.15. The fourth-order valence-corrected chi connectivity index (χ4v) is 4.15. The lowest BCUT2D eigenvalue weighted by atomic mass is 10.3. The van der Waals surface area contributed by atoms with Gasteiger partial charge in [0.15, 0.2) is 0 Å². The summed E-state index contributed by atoms with van der Waals surface area (Å²) in [5.74, 6) is -0.590. The maximum atomic E-state index is 13.5. The molecule has 1 fully saturated rings. The molecule has 4 nitrogen and oxygen atoms in total. The van der Waals surface area contributed by atoms with E-state index in [2.05, 4.69) is 10.0 Å². The van der Waals surface area contributed by atoms with E-state index in [4.69, 9.17) is 0 Å². The SMILES string of the molecule is O=S(=O)(Nc1ccccc1F)c1cc(CNC2CC2)cs1. The van der Waals surface area contributed by atoms with Gasteiger partial charge in [0.05, 0.1) is 5.69 Å². The molecule has 1 heterocycles. The molecule has 0 saturated heterocycles. The van der Waals surface area contributed by atoms with Crippen LogP contribution in [-0.4, -0.2) is 14.5 Å². The quantitative estimate of drug-likeness (QED) is 0.858. The van der Waals surface area contributed by atoms with Crippen LogP contribution < -0.4 is 10.0 Å². The lowest BCUT2D eigenvalue weighted by molar-refractivity contribution is 0.600. The topological polar surface area (TPSA) is 58.2 Å². The summed E-state index contributed by atoms with van der Waals surface area (Å²) < 4.78 is 40.5. The van der Waals surface area contributed by atoms with Crippen molar-refractivity contribution in [2.45, 2.75) is 29.6 Å². The first-order valence-electron chi connectivity index (χ1n) is 6.63. The van der Waals surface area contributed by atoms with Crippen molar-refractivity contribution in [2.24, 2.45) is 0 Å². The van der Waals surface area contributed by atoms with Crippen LogP contribution in [0.1, 0.15) is 18.4 Å². The molecule has 0 unspecified atom stereocenters. The van der Waals surface area contributed by atoms with Gasteiger partial charge in [-0.05, 0) is 42.0 Å². The first-order valence-corrected chi connectivity index (χ1v) is 8.99. The largest absolute Gasteiger partial charge is 0.310 e. The van der Waals surface area contributed by atoms with Crippen LogP contribution in [0, 0.1) is 5.82 Å². The minimum atomic E-state index is -3.74. The first kappa shape index (κ1) is 14.5. The van der Waals surface area contributed by atoms with E-state index in [1.807, 2.05) is 5.38 Å². The molecule has 0 amide bonds. The van der Waals surface area contributed by atoms with Gasteiger partial charge in [0.2, 0.25) is 0 Å². The van der Waals surface area contributed by atoms with Gasteiger partial charge in [-0.2, -0.15) is 0 Å². The number of halogens is 1. The molecule has 21 heavy (non-hydrogen) atoms. The number of hydrogen-bond acceptors (Lipinski definition) is 4. The van der Waals surface area contributed by atoms with Crippen molar-refractivity contribution in [1.82, 2.24) is 5.32 Å². The van der Waals surface area contributed by atoms with E-state index in [1.54, 1.807) is 12.1 Å². The van der Waals surface area contributed by atoms with Gasteiger partial charge in [-0.15, -0.1) is 11.3 Å². The van der Waals surface area contributed by atoms with E-state index in [0.29, 0.717) is 12.6 Å². The summed E-state index contributed by atoms with van der Waals surface area (Å²) in [4.78, 5) is 0. The van der Waals surface area contributed by atoms with Crippen LogP contribution in [0.2, 0.25) is 0 Å². The van der Waals surface area contributed by atoms with Gasteiger partial charge in [-0.3, -0.25) is 4.72 Å². The summed E-state index contributed by atoms with van der Waals surface area (Å²) in [7, 11) is -3.74. The highest BCUT2D eigenvalue weighted by Gasteiger charge is 2.22. The van der Waals surface area contributed by atoms with Gasteiger partial charge in [-0.25, -0.2) is 12.8 Å². The van der Waals surface area contributed by atoms with E-state index >= 15 is 0 Å². The maximum absolute atomic E-state index is 13.5. The molecular weight excluding hydrogens is 311 g/mol. The number of benzene rings is 1. The number of hydrogen-bond donors (Lipinski definition) is 2. The van der Waals surface area contributed by atoms with Gasteiger partial charge >= 0.3 is 0 Å². The Morgan fingerprint density at radius 1 is 1.29 bits per heavy atom. The number of sulfonamides is 1. The van der Waals surface area contributed by atoms with Gasteiger partial charge < -0.3 is 5.32 Å². The van der Waals surface area contributed by atoms with Crippen LogP contribution in [0.5, 0.6) is 0 Å². The highest BCUT2D eigenvalue weighted by Crippen LogP contribution is 2.25. The molecule has 112 valence electrons. The molecule has 3 rings (SSSR count). The summed E-state index contributed by atoms with van der Waals surface area (Å²) in [5, 5.41) is 5.14. The molecule has 0 atom stereocenters. The monoisotopic (exact) mass is 326 g/mol. The zero-order valence-corrected chi connectivity index (χ0v) is 12.8. The van der Waals surface area contributed by atoms with E-state index < -0.39 is 15.8 Å². The van der Waals surface area contributed by atoms with Crippen LogP contribution in [0.25, 0.3) is 0 Å². The predicted octanol–water partition coefficient (Wildman–Crippen LogP) is 2.94. The van der Waals surface area contributed by atoms with Crippen LogP contribution in [0.4, 0.5) is 10.1 Å². The highest BCUT2D eigenvalue weighted by molar-refractivity contribution is 7.94. The summed E-state index contributed by atoms with van der Waals surface area (Å²) in [5.41, 5.74) is 0.893. The standard InChI is InChI=1S/C14H15FN2O2S2/c15-12-3-1-2-4-13(12)17-21(18,19)14-7-10(9-20-14)8-16-11-5-6-11/h1-4,7,9,11,16-17H,5-6,8H2. The molecule has 1 saturated carbocycles. The third kappa shape index (κ3) is 3.61. The summed E-state index contributed by atoms with van der Waals surface area (Å²) in [6.45, 7) is 0.663.